The molecule has 0 aliphatic rings. The van der Waals surface area contributed by atoms with E-state index in [0.717, 1.165) is 13.1 Å². The van der Waals surface area contributed by atoms with Crippen molar-refractivity contribution in [2.75, 3.05) is 6.54 Å². The molecule has 0 saturated carbocycles. The van der Waals surface area contributed by atoms with Gasteiger partial charge in [-0.3, -0.25) is 0 Å². The van der Waals surface area contributed by atoms with Crippen molar-refractivity contribution in [2.45, 2.75) is 36.6 Å². The summed E-state index contributed by atoms with van der Waals surface area (Å²) in [5.41, 5.74) is 2.69. The van der Waals surface area contributed by atoms with Gasteiger partial charge in [-0.05, 0) is 43.7 Å². The molecule has 0 spiro atoms. The molecule has 0 heterocycles. The Labute approximate surface area is 120 Å². The Morgan fingerprint density at radius 3 is 2.68 bits per heavy atom. The molecular weight excluding hydrogens is 250 g/mol. The number of hydrogen-bond donors (Lipinski definition) is 1. The number of rotatable bonds is 6. The molecular formula is C17H21NS. The zero-order valence-corrected chi connectivity index (χ0v) is 12.5. The van der Waals surface area contributed by atoms with Crippen LogP contribution in [0.2, 0.25) is 0 Å². The van der Waals surface area contributed by atoms with Crippen molar-refractivity contribution in [3.63, 3.8) is 0 Å². The quantitative estimate of drug-likeness (QED) is 0.768. The normalized spacial score (nSPS) is 10.6. The molecule has 19 heavy (non-hydrogen) atoms. The summed E-state index contributed by atoms with van der Waals surface area (Å²) in [7, 11) is 0. The van der Waals surface area contributed by atoms with Crippen LogP contribution < -0.4 is 5.32 Å². The topological polar surface area (TPSA) is 12.0 Å². The zero-order valence-electron chi connectivity index (χ0n) is 11.6. The van der Waals surface area contributed by atoms with Gasteiger partial charge in [0.15, 0.2) is 0 Å². The lowest BCUT2D eigenvalue weighted by Crippen LogP contribution is -2.14. The average molecular weight is 271 g/mol. The van der Waals surface area contributed by atoms with Crippen LogP contribution in [0.3, 0.4) is 0 Å². The van der Waals surface area contributed by atoms with Gasteiger partial charge < -0.3 is 5.32 Å². The second-order valence-corrected chi connectivity index (χ2v) is 5.82. The number of aryl methyl sites for hydroxylation is 1. The van der Waals surface area contributed by atoms with Crippen molar-refractivity contribution in [3.8, 4) is 0 Å². The zero-order chi connectivity index (χ0) is 13.5. The van der Waals surface area contributed by atoms with Gasteiger partial charge in [0, 0.05) is 16.3 Å². The lowest BCUT2D eigenvalue weighted by molar-refractivity contribution is 0.669. The van der Waals surface area contributed by atoms with Crippen LogP contribution in [0.1, 0.15) is 24.5 Å². The fourth-order valence-corrected chi connectivity index (χ4v) is 3.02. The van der Waals surface area contributed by atoms with Gasteiger partial charge in [0.1, 0.15) is 0 Å². The SMILES string of the molecule is CCCNCc1ccccc1Sc1cccc(C)c1. The Morgan fingerprint density at radius 2 is 1.89 bits per heavy atom. The largest absolute Gasteiger partial charge is 0.313 e. The number of hydrogen-bond acceptors (Lipinski definition) is 2. The summed E-state index contributed by atoms with van der Waals surface area (Å²) < 4.78 is 0. The maximum Gasteiger partial charge on any atom is 0.0216 e. The van der Waals surface area contributed by atoms with Crippen molar-refractivity contribution in [1.82, 2.24) is 5.32 Å². The predicted molar refractivity (Wildman–Crippen MR) is 83.7 cm³/mol. The summed E-state index contributed by atoms with van der Waals surface area (Å²) in [6.45, 7) is 6.35. The highest BCUT2D eigenvalue weighted by molar-refractivity contribution is 7.99. The molecule has 0 unspecified atom stereocenters. The second-order valence-electron chi connectivity index (χ2n) is 4.70. The van der Waals surface area contributed by atoms with E-state index >= 15 is 0 Å². The van der Waals surface area contributed by atoms with Crippen molar-refractivity contribution in [3.05, 3.63) is 59.7 Å². The van der Waals surface area contributed by atoms with Gasteiger partial charge >= 0.3 is 0 Å². The maximum absolute atomic E-state index is 3.48. The summed E-state index contributed by atoms with van der Waals surface area (Å²) in [4.78, 5) is 2.65. The van der Waals surface area contributed by atoms with Gasteiger partial charge in [-0.1, -0.05) is 54.6 Å². The first-order valence-corrected chi connectivity index (χ1v) is 7.64. The van der Waals surface area contributed by atoms with Crippen LogP contribution in [-0.2, 0) is 6.54 Å². The molecule has 0 aliphatic heterocycles. The molecule has 0 bridgehead atoms. The molecule has 0 saturated heterocycles. The van der Waals surface area contributed by atoms with E-state index in [-0.39, 0.29) is 0 Å². The number of benzene rings is 2. The van der Waals surface area contributed by atoms with Crippen LogP contribution in [-0.4, -0.2) is 6.54 Å². The Morgan fingerprint density at radius 1 is 1.05 bits per heavy atom. The van der Waals surface area contributed by atoms with Crippen LogP contribution in [0, 0.1) is 6.92 Å². The van der Waals surface area contributed by atoms with Crippen LogP contribution in [0.5, 0.6) is 0 Å². The van der Waals surface area contributed by atoms with E-state index in [2.05, 4.69) is 67.7 Å². The summed E-state index contributed by atoms with van der Waals surface area (Å²) in [5, 5.41) is 3.48. The third-order valence-corrected chi connectivity index (χ3v) is 4.04. The van der Waals surface area contributed by atoms with Gasteiger partial charge in [-0.15, -0.1) is 0 Å². The lowest BCUT2D eigenvalue weighted by atomic mass is 10.2. The van der Waals surface area contributed by atoms with E-state index in [0.29, 0.717) is 0 Å². The van der Waals surface area contributed by atoms with E-state index in [1.807, 2.05) is 11.8 Å². The molecule has 2 rings (SSSR count). The maximum atomic E-state index is 3.48. The Hall–Kier alpha value is -1.25. The van der Waals surface area contributed by atoms with E-state index in [1.54, 1.807) is 0 Å². The predicted octanol–water partition coefficient (Wildman–Crippen LogP) is 4.65. The minimum absolute atomic E-state index is 0.947. The van der Waals surface area contributed by atoms with Crippen LogP contribution in [0.25, 0.3) is 0 Å². The van der Waals surface area contributed by atoms with Gasteiger partial charge in [0.05, 0.1) is 0 Å². The fourth-order valence-electron chi connectivity index (χ4n) is 1.96. The van der Waals surface area contributed by atoms with Gasteiger partial charge in [0.25, 0.3) is 0 Å². The fraction of sp³-hybridized carbons (Fsp3) is 0.294. The van der Waals surface area contributed by atoms with Crippen molar-refractivity contribution >= 4 is 11.8 Å². The highest BCUT2D eigenvalue weighted by atomic mass is 32.2. The average Bonchev–Trinajstić information content (AvgIpc) is 2.41. The molecule has 2 aromatic carbocycles. The Bertz CT molecular complexity index is 522. The van der Waals surface area contributed by atoms with E-state index in [4.69, 9.17) is 0 Å². The number of nitrogens with one attached hydrogen (secondary N) is 1. The Balaban J connectivity index is 2.11. The van der Waals surface area contributed by atoms with Crippen LogP contribution in [0.15, 0.2) is 58.3 Å². The summed E-state index contributed by atoms with van der Waals surface area (Å²) in [5.74, 6) is 0. The molecule has 1 N–H and O–H groups in total. The minimum Gasteiger partial charge on any atom is -0.313 e. The molecule has 0 aromatic heterocycles. The molecule has 0 amide bonds. The van der Waals surface area contributed by atoms with Crippen molar-refractivity contribution < 1.29 is 0 Å². The molecule has 0 fully saturated rings. The standard InChI is InChI=1S/C17H21NS/c1-3-11-18-13-15-8-4-5-10-17(15)19-16-9-6-7-14(2)12-16/h4-10,12,18H,3,11,13H2,1-2H3. The minimum atomic E-state index is 0.947. The highest BCUT2D eigenvalue weighted by Crippen LogP contribution is 2.30. The van der Waals surface area contributed by atoms with Crippen LogP contribution in [0.4, 0.5) is 0 Å². The first-order valence-electron chi connectivity index (χ1n) is 6.82. The Kier molecular flexibility index (Phi) is 5.49. The second kappa shape index (κ2) is 7.37. The molecule has 2 heteroatoms. The van der Waals surface area contributed by atoms with E-state index in [9.17, 15) is 0 Å². The smallest absolute Gasteiger partial charge is 0.0216 e. The lowest BCUT2D eigenvalue weighted by Gasteiger charge is -2.10. The molecule has 2 aromatic rings. The highest BCUT2D eigenvalue weighted by Gasteiger charge is 2.03. The molecule has 100 valence electrons. The van der Waals surface area contributed by atoms with Crippen molar-refractivity contribution in [1.29, 1.82) is 0 Å². The summed E-state index contributed by atoms with van der Waals surface area (Å²) >= 11 is 1.85. The summed E-state index contributed by atoms with van der Waals surface area (Å²) in [6.07, 6.45) is 1.17. The molecule has 0 radical (unpaired) electrons. The molecule has 0 aliphatic carbocycles. The van der Waals surface area contributed by atoms with Gasteiger partial charge in [-0.2, -0.15) is 0 Å². The third kappa shape index (κ3) is 4.41. The first-order chi connectivity index (χ1) is 9.29. The summed E-state index contributed by atoms with van der Waals surface area (Å²) in [6, 6.07) is 17.3. The van der Waals surface area contributed by atoms with E-state index in [1.165, 1.54) is 27.3 Å². The first kappa shape index (κ1) is 14.2. The monoisotopic (exact) mass is 271 g/mol. The van der Waals surface area contributed by atoms with Gasteiger partial charge in [0.2, 0.25) is 0 Å². The third-order valence-electron chi connectivity index (χ3n) is 2.93. The van der Waals surface area contributed by atoms with E-state index < -0.39 is 0 Å². The molecule has 1 nitrogen and oxygen atoms in total. The van der Waals surface area contributed by atoms with Gasteiger partial charge in [-0.25, -0.2) is 0 Å². The molecule has 0 atom stereocenters. The van der Waals surface area contributed by atoms with Crippen LogP contribution >= 0.6 is 11.8 Å². The van der Waals surface area contributed by atoms with Crippen molar-refractivity contribution in [2.24, 2.45) is 0 Å².